The summed E-state index contributed by atoms with van der Waals surface area (Å²) in [6.07, 6.45) is 0. The summed E-state index contributed by atoms with van der Waals surface area (Å²) in [6, 6.07) is 1.95. The summed E-state index contributed by atoms with van der Waals surface area (Å²) in [5, 5.41) is 15.3. The standard InChI is InChI=1S/C14H16N2O3S2/c1-9(2)5-16(6-12(17)18)14(19)11-8-21-13(15-11)10-3-4-20-7-10/h3-4,7-9H,5-6H2,1-2H3,(H,17,18). The minimum atomic E-state index is -1.02. The molecule has 0 radical (unpaired) electrons. The minimum absolute atomic E-state index is 0.197. The van der Waals surface area contributed by atoms with Crippen LogP contribution in [-0.2, 0) is 4.79 Å². The lowest BCUT2D eigenvalue weighted by atomic mass is 10.2. The van der Waals surface area contributed by atoms with Crippen molar-refractivity contribution >= 4 is 34.6 Å². The summed E-state index contributed by atoms with van der Waals surface area (Å²) in [4.78, 5) is 29.0. The third-order valence-electron chi connectivity index (χ3n) is 2.69. The summed E-state index contributed by atoms with van der Waals surface area (Å²) in [5.74, 6) is -1.15. The molecule has 5 nitrogen and oxygen atoms in total. The summed E-state index contributed by atoms with van der Waals surface area (Å²) in [5.41, 5.74) is 1.29. The van der Waals surface area contributed by atoms with Crippen LogP contribution in [0.15, 0.2) is 22.2 Å². The first-order chi connectivity index (χ1) is 9.97. The van der Waals surface area contributed by atoms with Crippen LogP contribution in [0.4, 0.5) is 0 Å². The van der Waals surface area contributed by atoms with Gasteiger partial charge in [0.2, 0.25) is 0 Å². The van der Waals surface area contributed by atoms with Gasteiger partial charge < -0.3 is 10.0 Å². The molecule has 112 valence electrons. The fraction of sp³-hybridized carbons (Fsp3) is 0.357. The Kier molecular flexibility index (Phi) is 5.08. The molecule has 0 aliphatic heterocycles. The van der Waals surface area contributed by atoms with Crippen LogP contribution >= 0.6 is 22.7 Å². The number of carboxylic acids is 1. The molecule has 2 aromatic heterocycles. The van der Waals surface area contributed by atoms with E-state index in [9.17, 15) is 9.59 Å². The number of carbonyl (C=O) groups is 2. The number of carbonyl (C=O) groups excluding carboxylic acids is 1. The quantitative estimate of drug-likeness (QED) is 0.886. The van der Waals surface area contributed by atoms with E-state index in [4.69, 9.17) is 5.11 Å². The lowest BCUT2D eigenvalue weighted by molar-refractivity contribution is -0.137. The van der Waals surface area contributed by atoms with Gasteiger partial charge in [-0.1, -0.05) is 13.8 Å². The first kappa shape index (κ1) is 15.7. The number of aliphatic carboxylic acids is 1. The van der Waals surface area contributed by atoms with E-state index in [1.165, 1.54) is 16.2 Å². The van der Waals surface area contributed by atoms with Gasteiger partial charge in [-0.05, 0) is 17.4 Å². The summed E-state index contributed by atoms with van der Waals surface area (Å²) >= 11 is 2.96. The predicted octanol–water partition coefficient (Wildman–Crippen LogP) is 3.05. The number of thiophene rings is 1. The zero-order valence-corrected chi connectivity index (χ0v) is 13.4. The molecule has 1 amide bonds. The molecule has 0 aliphatic carbocycles. The van der Waals surface area contributed by atoms with E-state index in [1.807, 2.05) is 30.7 Å². The maximum atomic E-state index is 12.4. The van der Waals surface area contributed by atoms with Gasteiger partial charge in [-0.2, -0.15) is 11.3 Å². The van der Waals surface area contributed by atoms with Crippen molar-refractivity contribution in [3.8, 4) is 10.6 Å². The van der Waals surface area contributed by atoms with E-state index in [0.717, 1.165) is 10.6 Å². The molecule has 0 aromatic carbocycles. The van der Waals surface area contributed by atoms with Gasteiger partial charge in [0.15, 0.2) is 0 Å². The smallest absolute Gasteiger partial charge is 0.323 e. The van der Waals surface area contributed by atoms with Crippen LogP contribution in [0.2, 0.25) is 0 Å². The maximum absolute atomic E-state index is 12.4. The lowest BCUT2D eigenvalue weighted by Gasteiger charge is -2.21. The molecule has 0 bridgehead atoms. The number of rotatable bonds is 6. The second-order valence-electron chi connectivity index (χ2n) is 5.02. The van der Waals surface area contributed by atoms with Crippen molar-refractivity contribution in [3.63, 3.8) is 0 Å². The van der Waals surface area contributed by atoms with E-state index < -0.39 is 5.97 Å². The Bertz CT molecular complexity index is 620. The fourth-order valence-corrected chi connectivity index (χ4v) is 3.38. The van der Waals surface area contributed by atoms with Crippen molar-refractivity contribution in [2.45, 2.75) is 13.8 Å². The first-order valence-corrected chi connectivity index (χ1v) is 8.28. The van der Waals surface area contributed by atoms with Crippen molar-refractivity contribution in [1.29, 1.82) is 0 Å². The van der Waals surface area contributed by atoms with Gasteiger partial charge >= 0.3 is 5.97 Å². The Hall–Kier alpha value is -1.73. The van der Waals surface area contributed by atoms with Crippen molar-refractivity contribution in [2.75, 3.05) is 13.1 Å². The van der Waals surface area contributed by atoms with Crippen molar-refractivity contribution in [2.24, 2.45) is 5.92 Å². The van der Waals surface area contributed by atoms with Gasteiger partial charge in [0.1, 0.15) is 17.2 Å². The highest BCUT2D eigenvalue weighted by Gasteiger charge is 2.22. The molecule has 0 fully saturated rings. The number of amides is 1. The maximum Gasteiger partial charge on any atom is 0.323 e. The van der Waals surface area contributed by atoms with E-state index in [-0.39, 0.29) is 18.4 Å². The average molecular weight is 324 g/mol. The second-order valence-corrected chi connectivity index (χ2v) is 6.66. The zero-order chi connectivity index (χ0) is 15.4. The molecule has 0 atom stereocenters. The molecule has 0 saturated heterocycles. The molecular formula is C14H16N2O3S2. The molecule has 0 spiro atoms. The number of nitrogens with zero attached hydrogens (tertiary/aromatic N) is 2. The molecule has 0 aliphatic rings. The van der Waals surface area contributed by atoms with Crippen LogP contribution in [0.3, 0.4) is 0 Å². The lowest BCUT2D eigenvalue weighted by Crippen LogP contribution is -2.38. The van der Waals surface area contributed by atoms with Crippen LogP contribution in [0.1, 0.15) is 24.3 Å². The van der Waals surface area contributed by atoms with E-state index in [0.29, 0.717) is 12.2 Å². The first-order valence-electron chi connectivity index (χ1n) is 6.46. The normalized spacial score (nSPS) is 10.8. The van der Waals surface area contributed by atoms with Crippen molar-refractivity contribution in [1.82, 2.24) is 9.88 Å². The van der Waals surface area contributed by atoms with Crippen LogP contribution in [0, 0.1) is 5.92 Å². The van der Waals surface area contributed by atoms with Gasteiger partial charge in [0, 0.05) is 22.9 Å². The van der Waals surface area contributed by atoms with Gasteiger partial charge in [-0.25, -0.2) is 4.98 Å². The van der Waals surface area contributed by atoms with Crippen LogP contribution in [-0.4, -0.2) is 40.0 Å². The molecule has 21 heavy (non-hydrogen) atoms. The van der Waals surface area contributed by atoms with Gasteiger partial charge in [-0.15, -0.1) is 11.3 Å². The fourth-order valence-electron chi connectivity index (χ4n) is 1.88. The molecule has 2 aromatic rings. The van der Waals surface area contributed by atoms with E-state index in [2.05, 4.69) is 4.98 Å². The molecule has 0 unspecified atom stereocenters. The van der Waals surface area contributed by atoms with Crippen LogP contribution in [0.25, 0.3) is 10.6 Å². The highest BCUT2D eigenvalue weighted by atomic mass is 32.1. The van der Waals surface area contributed by atoms with Gasteiger partial charge in [0.25, 0.3) is 5.91 Å². The van der Waals surface area contributed by atoms with Crippen molar-refractivity contribution in [3.05, 3.63) is 27.9 Å². The number of thiazole rings is 1. The Balaban J connectivity index is 2.18. The topological polar surface area (TPSA) is 70.5 Å². The molecule has 2 rings (SSSR count). The van der Waals surface area contributed by atoms with E-state index in [1.54, 1.807) is 16.7 Å². The third-order valence-corrected chi connectivity index (χ3v) is 4.26. The van der Waals surface area contributed by atoms with E-state index >= 15 is 0 Å². The minimum Gasteiger partial charge on any atom is -0.480 e. The Morgan fingerprint density at radius 3 is 2.71 bits per heavy atom. The number of carboxylic acid groups (broad SMARTS) is 1. The summed E-state index contributed by atoms with van der Waals surface area (Å²) in [7, 11) is 0. The Morgan fingerprint density at radius 2 is 2.14 bits per heavy atom. The van der Waals surface area contributed by atoms with Crippen LogP contribution < -0.4 is 0 Å². The monoisotopic (exact) mass is 324 g/mol. The third kappa shape index (κ3) is 4.12. The Labute approximate surface area is 130 Å². The van der Waals surface area contributed by atoms with Crippen LogP contribution in [0.5, 0.6) is 0 Å². The average Bonchev–Trinajstić information content (AvgIpc) is 3.06. The zero-order valence-electron chi connectivity index (χ0n) is 11.8. The number of aromatic nitrogens is 1. The highest BCUT2D eigenvalue weighted by molar-refractivity contribution is 7.14. The number of hydrogen-bond acceptors (Lipinski definition) is 5. The summed E-state index contributed by atoms with van der Waals surface area (Å²) in [6.45, 7) is 3.98. The molecule has 2 heterocycles. The molecule has 0 saturated carbocycles. The predicted molar refractivity (Wildman–Crippen MR) is 83.8 cm³/mol. The second kappa shape index (κ2) is 6.82. The van der Waals surface area contributed by atoms with Gasteiger partial charge in [0.05, 0.1) is 0 Å². The highest BCUT2D eigenvalue weighted by Crippen LogP contribution is 2.26. The van der Waals surface area contributed by atoms with Crippen molar-refractivity contribution < 1.29 is 14.7 Å². The molecule has 7 heteroatoms. The molecular weight excluding hydrogens is 308 g/mol. The largest absolute Gasteiger partial charge is 0.480 e. The summed E-state index contributed by atoms with van der Waals surface area (Å²) < 4.78 is 0. The number of hydrogen-bond donors (Lipinski definition) is 1. The SMILES string of the molecule is CC(C)CN(CC(=O)O)C(=O)c1csc(-c2ccsc2)n1. The molecule has 1 N–H and O–H groups in total. The van der Waals surface area contributed by atoms with Gasteiger partial charge in [-0.3, -0.25) is 9.59 Å². The Morgan fingerprint density at radius 1 is 1.38 bits per heavy atom.